The molecule has 4 nitrogen and oxygen atoms in total. The predicted molar refractivity (Wildman–Crippen MR) is 105 cm³/mol. The first-order chi connectivity index (χ1) is 12.1. The number of carbonyl (C=O) groups excluding carboxylic acids is 1. The molecule has 0 aliphatic carbocycles. The van der Waals surface area contributed by atoms with E-state index in [-0.39, 0.29) is 17.3 Å². The fourth-order valence-electron chi connectivity index (χ4n) is 3.14. The lowest BCUT2D eigenvalue weighted by atomic mass is 10.2. The Morgan fingerprint density at radius 1 is 1.16 bits per heavy atom. The zero-order valence-electron chi connectivity index (χ0n) is 13.4. The Morgan fingerprint density at radius 3 is 2.48 bits per heavy atom. The molecule has 2 saturated heterocycles. The Bertz CT molecular complexity index is 826. The molecular weight excluding hydrogens is 376 g/mol. The number of halogens is 1. The number of thioether (sulfide) groups is 1. The number of rotatable bonds is 3. The Morgan fingerprint density at radius 2 is 1.84 bits per heavy atom. The summed E-state index contributed by atoms with van der Waals surface area (Å²) in [6.07, 6.45) is 0. The van der Waals surface area contributed by atoms with Crippen molar-refractivity contribution in [3.8, 4) is 5.75 Å². The van der Waals surface area contributed by atoms with Crippen molar-refractivity contribution in [1.82, 2.24) is 4.90 Å². The van der Waals surface area contributed by atoms with E-state index >= 15 is 0 Å². The van der Waals surface area contributed by atoms with E-state index in [1.807, 2.05) is 53.4 Å². The second-order valence-electron chi connectivity index (χ2n) is 5.81. The monoisotopic (exact) mass is 390 g/mol. The first-order valence-electron chi connectivity index (χ1n) is 7.77. The molecule has 2 aliphatic heterocycles. The zero-order chi connectivity index (χ0) is 17.6. The van der Waals surface area contributed by atoms with Crippen molar-refractivity contribution in [3.63, 3.8) is 0 Å². The fraction of sp³-hybridized carbons (Fsp3) is 0.222. The lowest BCUT2D eigenvalue weighted by Gasteiger charge is -2.25. The Kier molecular flexibility index (Phi) is 4.35. The van der Waals surface area contributed by atoms with Gasteiger partial charge in [0.2, 0.25) is 0 Å². The lowest BCUT2D eigenvalue weighted by Crippen LogP contribution is -2.33. The lowest BCUT2D eigenvalue weighted by molar-refractivity contribution is -0.119. The van der Waals surface area contributed by atoms with Gasteiger partial charge in [0.05, 0.1) is 12.8 Å². The number of nitrogens with zero attached hydrogens (tertiary/aromatic N) is 2. The van der Waals surface area contributed by atoms with Gasteiger partial charge in [-0.1, -0.05) is 23.7 Å². The molecule has 0 bridgehead atoms. The van der Waals surface area contributed by atoms with Crippen LogP contribution in [-0.2, 0) is 4.79 Å². The average Bonchev–Trinajstić information content (AvgIpc) is 3.17. The minimum absolute atomic E-state index is 0.0270. The number of thiocarbonyl (C=S) groups is 1. The Hall–Kier alpha value is -1.76. The summed E-state index contributed by atoms with van der Waals surface area (Å²) in [6, 6.07) is 14.9. The smallest absolute Gasteiger partial charge is 0.257 e. The van der Waals surface area contributed by atoms with Gasteiger partial charge in [-0.05, 0) is 54.2 Å². The van der Waals surface area contributed by atoms with Crippen LogP contribution < -0.4 is 9.64 Å². The van der Waals surface area contributed by atoms with E-state index in [1.165, 1.54) is 0 Å². The summed E-state index contributed by atoms with van der Waals surface area (Å²) < 4.78 is 5.18. The average molecular weight is 391 g/mol. The number of carbonyl (C=O) groups is 1. The van der Waals surface area contributed by atoms with Crippen LogP contribution in [0.5, 0.6) is 5.75 Å². The van der Waals surface area contributed by atoms with Crippen LogP contribution in [0, 0.1) is 0 Å². The number of amides is 1. The van der Waals surface area contributed by atoms with Gasteiger partial charge in [0, 0.05) is 10.8 Å². The van der Waals surface area contributed by atoms with E-state index in [1.54, 1.807) is 23.8 Å². The molecule has 0 aromatic heterocycles. The summed E-state index contributed by atoms with van der Waals surface area (Å²) in [7, 11) is 1.62. The molecular formula is C18H15ClN2O2S2. The van der Waals surface area contributed by atoms with Crippen molar-refractivity contribution >= 4 is 52.3 Å². The predicted octanol–water partition coefficient (Wildman–Crippen LogP) is 4.10. The van der Waals surface area contributed by atoms with Gasteiger partial charge in [-0.2, -0.15) is 0 Å². The quantitative estimate of drug-likeness (QED) is 0.737. The number of fused-ring (bicyclic) bond motifs is 1. The van der Waals surface area contributed by atoms with Gasteiger partial charge >= 0.3 is 0 Å². The minimum Gasteiger partial charge on any atom is -0.497 e. The van der Waals surface area contributed by atoms with E-state index < -0.39 is 0 Å². The number of hydrogen-bond donors (Lipinski definition) is 0. The maximum atomic E-state index is 12.9. The van der Waals surface area contributed by atoms with Gasteiger partial charge < -0.3 is 9.64 Å². The van der Waals surface area contributed by atoms with Crippen molar-refractivity contribution in [1.29, 1.82) is 0 Å². The summed E-state index contributed by atoms with van der Waals surface area (Å²) in [5, 5.41) is 1.27. The van der Waals surface area contributed by atoms with Gasteiger partial charge in [-0.3, -0.25) is 9.69 Å². The van der Waals surface area contributed by atoms with E-state index in [0.717, 1.165) is 22.8 Å². The molecule has 2 fully saturated rings. The molecule has 0 radical (unpaired) electrons. The SMILES string of the molecule is COc1ccc(N2C(=O)C3CSC(c4ccc(Cl)cc4)N3C2=S)cc1. The van der Waals surface area contributed by atoms with Crippen molar-refractivity contribution < 1.29 is 9.53 Å². The number of ether oxygens (including phenoxy) is 1. The van der Waals surface area contributed by atoms with E-state index in [0.29, 0.717) is 10.1 Å². The number of hydrogen-bond acceptors (Lipinski definition) is 4. The first kappa shape index (κ1) is 16.7. The highest BCUT2D eigenvalue weighted by atomic mass is 35.5. The van der Waals surface area contributed by atoms with Crippen LogP contribution in [0.1, 0.15) is 10.9 Å². The van der Waals surface area contributed by atoms with Gasteiger partial charge in [0.15, 0.2) is 5.11 Å². The second-order valence-corrected chi connectivity index (χ2v) is 7.73. The van der Waals surface area contributed by atoms with Crippen LogP contribution in [0.3, 0.4) is 0 Å². The maximum absolute atomic E-state index is 12.9. The van der Waals surface area contributed by atoms with Crippen molar-refractivity contribution in [2.75, 3.05) is 17.8 Å². The van der Waals surface area contributed by atoms with Gasteiger partial charge in [0.1, 0.15) is 17.2 Å². The highest BCUT2D eigenvalue weighted by Crippen LogP contribution is 2.46. The van der Waals surface area contributed by atoms with Crippen LogP contribution in [0.4, 0.5) is 5.69 Å². The second kappa shape index (κ2) is 6.52. The third kappa shape index (κ3) is 2.78. The third-order valence-corrected chi connectivity index (χ3v) is 6.37. The Labute approximate surface area is 160 Å². The van der Waals surface area contributed by atoms with E-state index in [9.17, 15) is 4.79 Å². The topological polar surface area (TPSA) is 32.8 Å². The molecule has 2 aliphatic rings. The number of anilines is 1. The number of benzene rings is 2. The number of methoxy groups -OCH3 is 1. The molecule has 2 heterocycles. The summed E-state index contributed by atoms with van der Waals surface area (Å²) >= 11 is 13.4. The third-order valence-electron chi connectivity index (χ3n) is 4.40. The fourth-order valence-corrected chi connectivity index (χ4v) is 5.19. The van der Waals surface area contributed by atoms with Gasteiger partial charge in [-0.25, -0.2) is 0 Å². The largest absolute Gasteiger partial charge is 0.497 e. The Balaban J connectivity index is 1.65. The molecule has 25 heavy (non-hydrogen) atoms. The van der Waals surface area contributed by atoms with Crippen molar-refractivity contribution in [3.05, 3.63) is 59.1 Å². The van der Waals surface area contributed by atoms with Gasteiger partial charge in [-0.15, -0.1) is 11.8 Å². The normalized spacial score (nSPS) is 22.5. The summed E-state index contributed by atoms with van der Waals surface area (Å²) in [6.45, 7) is 0. The molecule has 0 spiro atoms. The maximum Gasteiger partial charge on any atom is 0.257 e. The van der Waals surface area contributed by atoms with E-state index in [2.05, 4.69) is 0 Å². The highest BCUT2D eigenvalue weighted by molar-refractivity contribution is 7.99. The molecule has 2 aromatic carbocycles. The van der Waals surface area contributed by atoms with E-state index in [4.69, 9.17) is 28.6 Å². The van der Waals surface area contributed by atoms with Crippen LogP contribution in [0.15, 0.2) is 48.5 Å². The van der Waals surface area contributed by atoms with Crippen molar-refractivity contribution in [2.45, 2.75) is 11.4 Å². The molecule has 2 aromatic rings. The molecule has 1 amide bonds. The van der Waals surface area contributed by atoms with Crippen LogP contribution in [-0.4, -0.2) is 34.8 Å². The molecule has 0 N–H and O–H groups in total. The highest BCUT2D eigenvalue weighted by Gasteiger charge is 2.50. The van der Waals surface area contributed by atoms with Crippen LogP contribution in [0.25, 0.3) is 0 Å². The van der Waals surface area contributed by atoms with Crippen LogP contribution in [0.2, 0.25) is 5.02 Å². The molecule has 128 valence electrons. The minimum atomic E-state index is -0.222. The molecule has 4 rings (SSSR count). The molecule has 7 heteroatoms. The van der Waals surface area contributed by atoms with Crippen LogP contribution >= 0.6 is 35.6 Å². The van der Waals surface area contributed by atoms with Crippen molar-refractivity contribution in [2.24, 2.45) is 0 Å². The summed E-state index contributed by atoms with van der Waals surface area (Å²) in [5.74, 6) is 1.49. The summed E-state index contributed by atoms with van der Waals surface area (Å²) in [5.41, 5.74) is 1.87. The zero-order valence-corrected chi connectivity index (χ0v) is 15.8. The summed E-state index contributed by atoms with van der Waals surface area (Å²) in [4.78, 5) is 16.6. The van der Waals surface area contributed by atoms with Gasteiger partial charge in [0.25, 0.3) is 5.91 Å². The molecule has 0 saturated carbocycles. The standard InChI is InChI=1S/C18H15ClN2O2S2/c1-23-14-8-6-13(7-9-14)20-16(22)15-10-25-17(21(15)18(20)24)11-2-4-12(19)5-3-11/h2-9,15,17H,10H2,1H3. The molecule has 2 unspecified atom stereocenters. The molecule has 2 atom stereocenters. The first-order valence-corrected chi connectivity index (χ1v) is 9.61.